The molecule has 4 nitrogen and oxygen atoms in total. The predicted octanol–water partition coefficient (Wildman–Crippen LogP) is 3.75. The van der Waals surface area contributed by atoms with Gasteiger partial charge in [-0.3, -0.25) is 4.79 Å². The van der Waals surface area contributed by atoms with E-state index in [9.17, 15) is 9.90 Å². The molecule has 1 aromatic carbocycles. The molecule has 0 bridgehead atoms. The number of carboxylic acids is 1. The van der Waals surface area contributed by atoms with Crippen LogP contribution in [0.2, 0.25) is 0 Å². The number of halogens is 1. The summed E-state index contributed by atoms with van der Waals surface area (Å²) < 4.78 is 11.8. The van der Waals surface area contributed by atoms with Gasteiger partial charge in [-0.2, -0.15) is 0 Å². The first kappa shape index (κ1) is 15.2. The van der Waals surface area contributed by atoms with E-state index < -0.39 is 11.4 Å². The molecule has 0 saturated heterocycles. The van der Waals surface area contributed by atoms with Crippen molar-refractivity contribution in [3.05, 3.63) is 22.2 Å². The van der Waals surface area contributed by atoms with Crippen molar-refractivity contribution in [2.75, 3.05) is 13.7 Å². The number of methoxy groups -OCH3 is 1. The van der Waals surface area contributed by atoms with Gasteiger partial charge in [0, 0.05) is 10.0 Å². The lowest BCUT2D eigenvalue weighted by Crippen LogP contribution is -2.33. The molecular formula is C15H19BrO4. The predicted molar refractivity (Wildman–Crippen MR) is 79.6 cm³/mol. The fraction of sp³-hybridized carbons (Fsp3) is 0.533. The molecule has 1 aliphatic carbocycles. The van der Waals surface area contributed by atoms with E-state index in [2.05, 4.69) is 15.9 Å². The second-order valence-corrected chi connectivity index (χ2v) is 5.84. The van der Waals surface area contributed by atoms with Gasteiger partial charge in [0.25, 0.3) is 0 Å². The van der Waals surface area contributed by atoms with Crippen LogP contribution in [0, 0.1) is 0 Å². The Balaban J connectivity index is 2.67. The van der Waals surface area contributed by atoms with Crippen LogP contribution in [0.25, 0.3) is 0 Å². The zero-order chi connectivity index (χ0) is 14.8. The van der Waals surface area contributed by atoms with Crippen molar-refractivity contribution in [1.29, 1.82) is 0 Å². The lowest BCUT2D eigenvalue weighted by molar-refractivity contribution is -0.143. The summed E-state index contributed by atoms with van der Waals surface area (Å²) in [6.07, 6.45) is 3.10. The summed E-state index contributed by atoms with van der Waals surface area (Å²) in [5, 5.41) is 9.78. The van der Waals surface area contributed by atoms with Gasteiger partial charge in [0.15, 0.2) is 11.5 Å². The standard InChI is InChI=1S/C15H19BrO4/c1-3-20-13-11(19-2)7-6-10(16)12(13)15(14(17)18)8-4-5-9-15/h6-7H,3-5,8-9H2,1-2H3,(H,17,18). The van der Waals surface area contributed by atoms with E-state index in [4.69, 9.17) is 9.47 Å². The summed E-state index contributed by atoms with van der Waals surface area (Å²) in [4.78, 5) is 11.9. The number of benzene rings is 1. The van der Waals surface area contributed by atoms with Crippen molar-refractivity contribution in [2.24, 2.45) is 0 Å². The monoisotopic (exact) mass is 342 g/mol. The molecule has 0 unspecified atom stereocenters. The Morgan fingerprint density at radius 3 is 2.55 bits per heavy atom. The van der Waals surface area contributed by atoms with Gasteiger partial charge < -0.3 is 14.6 Å². The van der Waals surface area contributed by atoms with Crippen LogP contribution in [0.3, 0.4) is 0 Å². The van der Waals surface area contributed by atoms with Crippen molar-refractivity contribution < 1.29 is 19.4 Å². The normalized spacial score (nSPS) is 16.9. The molecule has 0 radical (unpaired) electrons. The number of carbonyl (C=O) groups is 1. The third kappa shape index (κ3) is 2.39. The average molecular weight is 343 g/mol. The van der Waals surface area contributed by atoms with E-state index in [1.54, 1.807) is 13.2 Å². The van der Waals surface area contributed by atoms with E-state index in [0.717, 1.165) is 17.3 Å². The van der Waals surface area contributed by atoms with Crippen LogP contribution >= 0.6 is 15.9 Å². The molecule has 2 rings (SSSR count). The van der Waals surface area contributed by atoms with Crippen LogP contribution in [0.15, 0.2) is 16.6 Å². The molecular weight excluding hydrogens is 324 g/mol. The second kappa shape index (κ2) is 6.04. The van der Waals surface area contributed by atoms with Crippen LogP contribution in [0.5, 0.6) is 11.5 Å². The Bertz CT molecular complexity index is 507. The highest BCUT2D eigenvalue weighted by Crippen LogP contribution is 2.50. The van der Waals surface area contributed by atoms with Crippen molar-refractivity contribution in [2.45, 2.75) is 38.0 Å². The lowest BCUT2D eigenvalue weighted by Gasteiger charge is -2.28. The molecule has 1 fully saturated rings. The van der Waals surface area contributed by atoms with Gasteiger partial charge in [-0.25, -0.2) is 0 Å². The molecule has 20 heavy (non-hydrogen) atoms. The number of rotatable bonds is 5. The second-order valence-electron chi connectivity index (χ2n) is 4.98. The third-order valence-electron chi connectivity index (χ3n) is 3.92. The number of hydrogen-bond donors (Lipinski definition) is 1. The smallest absolute Gasteiger partial charge is 0.314 e. The maximum Gasteiger partial charge on any atom is 0.314 e. The SMILES string of the molecule is CCOc1c(OC)ccc(Br)c1C1(C(=O)O)CCCC1. The molecule has 0 spiro atoms. The molecule has 1 N–H and O–H groups in total. The van der Waals surface area contributed by atoms with Gasteiger partial charge in [-0.1, -0.05) is 28.8 Å². The molecule has 5 heteroatoms. The number of hydrogen-bond acceptors (Lipinski definition) is 3. The topological polar surface area (TPSA) is 55.8 Å². The fourth-order valence-electron chi connectivity index (χ4n) is 2.98. The Morgan fingerprint density at radius 2 is 2.05 bits per heavy atom. The maximum atomic E-state index is 11.9. The molecule has 1 aliphatic rings. The van der Waals surface area contributed by atoms with E-state index in [1.807, 2.05) is 13.0 Å². The first-order valence-electron chi connectivity index (χ1n) is 6.80. The highest BCUT2D eigenvalue weighted by molar-refractivity contribution is 9.10. The zero-order valence-corrected chi connectivity index (χ0v) is 13.3. The van der Waals surface area contributed by atoms with Gasteiger partial charge >= 0.3 is 5.97 Å². The molecule has 0 aromatic heterocycles. The van der Waals surface area contributed by atoms with Gasteiger partial charge in [0.05, 0.1) is 19.1 Å². The minimum absolute atomic E-state index is 0.468. The molecule has 1 aromatic rings. The van der Waals surface area contributed by atoms with Crippen LogP contribution in [-0.2, 0) is 10.2 Å². The first-order valence-corrected chi connectivity index (χ1v) is 7.59. The first-order chi connectivity index (χ1) is 9.56. The molecule has 0 aliphatic heterocycles. The third-order valence-corrected chi connectivity index (χ3v) is 4.59. The number of ether oxygens (including phenoxy) is 2. The summed E-state index contributed by atoms with van der Waals surface area (Å²) in [7, 11) is 1.57. The highest BCUT2D eigenvalue weighted by Gasteiger charge is 2.46. The summed E-state index contributed by atoms with van der Waals surface area (Å²) >= 11 is 3.50. The van der Waals surface area contributed by atoms with E-state index in [1.165, 1.54) is 0 Å². The quantitative estimate of drug-likeness (QED) is 0.885. The van der Waals surface area contributed by atoms with Crippen LogP contribution in [-0.4, -0.2) is 24.8 Å². The summed E-state index contributed by atoms with van der Waals surface area (Å²) in [6, 6.07) is 3.63. The highest BCUT2D eigenvalue weighted by atomic mass is 79.9. The van der Waals surface area contributed by atoms with Gasteiger partial charge in [-0.15, -0.1) is 0 Å². The molecule has 0 amide bonds. The Kier molecular flexibility index (Phi) is 4.58. The molecule has 1 saturated carbocycles. The average Bonchev–Trinajstić information content (AvgIpc) is 2.90. The van der Waals surface area contributed by atoms with Crippen molar-refractivity contribution >= 4 is 21.9 Å². The largest absolute Gasteiger partial charge is 0.493 e. The summed E-state index contributed by atoms with van der Waals surface area (Å²) in [5.41, 5.74) is -0.165. The van der Waals surface area contributed by atoms with Gasteiger partial charge in [-0.05, 0) is 31.9 Å². The number of carboxylic acid groups (broad SMARTS) is 1. The molecule has 0 heterocycles. The Hall–Kier alpha value is -1.23. The van der Waals surface area contributed by atoms with Crippen LogP contribution < -0.4 is 9.47 Å². The summed E-state index contributed by atoms with van der Waals surface area (Å²) in [6.45, 7) is 2.35. The van der Waals surface area contributed by atoms with E-state index in [0.29, 0.717) is 36.5 Å². The molecule has 110 valence electrons. The zero-order valence-electron chi connectivity index (χ0n) is 11.7. The maximum absolute atomic E-state index is 11.9. The fourth-order valence-corrected chi connectivity index (χ4v) is 3.67. The number of aliphatic carboxylic acids is 1. The van der Waals surface area contributed by atoms with Crippen molar-refractivity contribution in [1.82, 2.24) is 0 Å². The van der Waals surface area contributed by atoms with E-state index >= 15 is 0 Å². The Morgan fingerprint density at radius 1 is 1.40 bits per heavy atom. The van der Waals surface area contributed by atoms with Crippen molar-refractivity contribution in [3.63, 3.8) is 0 Å². The van der Waals surface area contributed by atoms with Crippen LogP contribution in [0.1, 0.15) is 38.2 Å². The molecule has 0 atom stereocenters. The Labute approximate surface area is 127 Å². The van der Waals surface area contributed by atoms with Crippen LogP contribution in [0.4, 0.5) is 0 Å². The van der Waals surface area contributed by atoms with Crippen molar-refractivity contribution in [3.8, 4) is 11.5 Å². The van der Waals surface area contributed by atoms with Gasteiger partial charge in [0.2, 0.25) is 0 Å². The van der Waals surface area contributed by atoms with Gasteiger partial charge in [0.1, 0.15) is 0 Å². The minimum Gasteiger partial charge on any atom is -0.493 e. The summed E-state index contributed by atoms with van der Waals surface area (Å²) in [5.74, 6) is 0.344. The minimum atomic E-state index is -0.877. The lowest BCUT2D eigenvalue weighted by atomic mass is 9.78. The van der Waals surface area contributed by atoms with E-state index in [-0.39, 0.29) is 0 Å².